The van der Waals surface area contributed by atoms with Crippen LogP contribution in [0.25, 0.3) is 0 Å². The van der Waals surface area contributed by atoms with Gasteiger partial charge in [0.1, 0.15) is 0 Å². The smallest absolute Gasteiger partial charge is 0.226 e. The zero-order valence-corrected chi connectivity index (χ0v) is 15.5. The Hall–Kier alpha value is -0.820. The molecular formula is C15H20Cl2N2O3S. The molecule has 0 spiro atoms. The summed E-state index contributed by atoms with van der Waals surface area (Å²) in [6.07, 6.45) is 1.39. The number of carbonyl (C=O) groups is 1. The third-order valence-electron chi connectivity index (χ3n) is 3.92. The lowest BCUT2D eigenvalue weighted by atomic mass is 9.98. The van der Waals surface area contributed by atoms with Gasteiger partial charge in [-0.1, -0.05) is 29.3 Å². The highest BCUT2D eigenvalue weighted by atomic mass is 35.5. The van der Waals surface area contributed by atoms with Gasteiger partial charge in [0.2, 0.25) is 15.9 Å². The quantitative estimate of drug-likeness (QED) is 0.808. The van der Waals surface area contributed by atoms with Crippen molar-refractivity contribution in [3.63, 3.8) is 0 Å². The van der Waals surface area contributed by atoms with E-state index < -0.39 is 10.0 Å². The number of hydrogen-bond acceptors (Lipinski definition) is 3. The largest absolute Gasteiger partial charge is 0.349 e. The molecule has 0 saturated carbocycles. The summed E-state index contributed by atoms with van der Waals surface area (Å²) < 4.78 is 26.7. The van der Waals surface area contributed by atoms with Crippen LogP contribution in [-0.2, 0) is 20.6 Å². The molecule has 5 nitrogen and oxygen atoms in total. The van der Waals surface area contributed by atoms with Gasteiger partial charge in [-0.05, 0) is 30.5 Å². The van der Waals surface area contributed by atoms with E-state index in [-0.39, 0.29) is 24.1 Å². The predicted octanol–water partition coefficient (Wildman–Crippen LogP) is 2.62. The monoisotopic (exact) mass is 378 g/mol. The van der Waals surface area contributed by atoms with Gasteiger partial charge < -0.3 is 4.90 Å². The molecule has 0 radical (unpaired) electrons. The lowest BCUT2D eigenvalue weighted by molar-refractivity contribution is -0.134. The molecule has 128 valence electrons. The molecule has 1 amide bonds. The van der Waals surface area contributed by atoms with Crippen molar-refractivity contribution in [2.24, 2.45) is 5.92 Å². The molecule has 1 aliphatic rings. The average Bonchev–Trinajstić information content (AvgIpc) is 2.49. The van der Waals surface area contributed by atoms with Crippen LogP contribution in [0.3, 0.4) is 0 Å². The fraction of sp³-hybridized carbons (Fsp3) is 0.533. The molecule has 0 N–H and O–H groups in total. The van der Waals surface area contributed by atoms with Crippen molar-refractivity contribution in [1.29, 1.82) is 0 Å². The highest BCUT2D eigenvalue weighted by molar-refractivity contribution is 7.88. The Bertz CT molecular complexity index is 692. The SMILES string of the molecule is CN(C)C(=O)[C@@H]1CCCN(S(=O)(=O)Cc2ccc(Cl)cc2Cl)C1. The van der Waals surface area contributed by atoms with E-state index in [2.05, 4.69) is 0 Å². The van der Waals surface area contributed by atoms with Gasteiger partial charge in [-0.15, -0.1) is 0 Å². The van der Waals surface area contributed by atoms with Crippen LogP contribution in [0.4, 0.5) is 0 Å². The normalized spacial score (nSPS) is 19.6. The van der Waals surface area contributed by atoms with Crippen LogP contribution >= 0.6 is 23.2 Å². The third-order valence-corrected chi connectivity index (χ3v) is 6.30. The molecule has 1 saturated heterocycles. The van der Waals surface area contributed by atoms with Crippen LogP contribution in [0.1, 0.15) is 18.4 Å². The van der Waals surface area contributed by atoms with Gasteiger partial charge in [-0.25, -0.2) is 12.7 Å². The first kappa shape index (κ1) is 18.5. The van der Waals surface area contributed by atoms with Gasteiger partial charge >= 0.3 is 0 Å². The van der Waals surface area contributed by atoms with Crippen molar-refractivity contribution in [3.05, 3.63) is 33.8 Å². The van der Waals surface area contributed by atoms with E-state index in [9.17, 15) is 13.2 Å². The lowest BCUT2D eigenvalue weighted by Gasteiger charge is -2.32. The molecule has 8 heteroatoms. The summed E-state index contributed by atoms with van der Waals surface area (Å²) in [7, 11) is -0.161. The van der Waals surface area contributed by atoms with E-state index in [4.69, 9.17) is 23.2 Å². The number of sulfonamides is 1. The number of rotatable bonds is 4. The van der Waals surface area contributed by atoms with E-state index in [1.54, 1.807) is 26.2 Å². The van der Waals surface area contributed by atoms with Crippen LogP contribution in [0.15, 0.2) is 18.2 Å². The van der Waals surface area contributed by atoms with Crippen molar-refractivity contribution >= 4 is 39.1 Å². The summed E-state index contributed by atoms with van der Waals surface area (Å²) in [5.74, 6) is -0.505. The zero-order valence-electron chi connectivity index (χ0n) is 13.1. The van der Waals surface area contributed by atoms with Crippen molar-refractivity contribution in [2.45, 2.75) is 18.6 Å². The van der Waals surface area contributed by atoms with Gasteiger partial charge in [-0.2, -0.15) is 0 Å². The molecule has 1 heterocycles. The molecule has 0 aromatic heterocycles. The number of amides is 1. The first-order valence-corrected chi connectivity index (χ1v) is 9.70. The maximum Gasteiger partial charge on any atom is 0.226 e. The Morgan fingerprint density at radius 1 is 1.35 bits per heavy atom. The molecule has 1 fully saturated rings. The Balaban J connectivity index is 2.14. The highest BCUT2D eigenvalue weighted by Gasteiger charge is 2.33. The minimum Gasteiger partial charge on any atom is -0.349 e. The molecule has 0 aliphatic carbocycles. The molecule has 1 aromatic rings. The van der Waals surface area contributed by atoms with E-state index in [0.717, 1.165) is 0 Å². The molecule has 1 atom stereocenters. The van der Waals surface area contributed by atoms with Crippen LogP contribution in [-0.4, -0.2) is 50.7 Å². The second-order valence-corrected chi connectivity index (χ2v) is 8.73. The summed E-state index contributed by atoms with van der Waals surface area (Å²) in [6.45, 7) is 0.662. The molecule has 0 bridgehead atoms. The molecule has 1 aliphatic heterocycles. The van der Waals surface area contributed by atoms with Crippen LogP contribution in [0.5, 0.6) is 0 Å². The van der Waals surface area contributed by atoms with E-state index >= 15 is 0 Å². The topological polar surface area (TPSA) is 57.7 Å². The average molecular weight is 379 g/mol. The van der Waals surface area contributed by atoms with Crippen LogP contribution < -0.4 is 0 Å². The second kappa shape index (κ2) is 7.38. The van der Waals surface area contributed by atoms with E-state index in [1.165, 1.54) is 15.3 Å². The number of piperidine rings is 1. The summed E-state index contributed by atoms with van der Waals surface area (Å²) in [6, 6.07) is 4.77. The van der Waals surface area contributed by atoms with Gasteiger partial charge in [0, 0.05) is 37.2 Å². The van der Waals surface area contributed by atoms with Gasteiger partial charge in [0.15, 0.2) is 0 Å². The Morgan fingerprint density at radius 3 is 2.65 bits per heavy atom. The lowest BCUT2D eigenvalue weighted by Crippen LogP contribution is -2.45. The minimum absolute atomic E-state index is 0.0329. The molecule has 1 aromatic carbocycles. The van der Waals surface area contributed by atoms with Crippen LogP contribution in [0.2, 0.25) is 10.0 Å². The Labute approximate surface area is 147 Å². The molecule has 2 rings (SSSR count). The first-order chi connectivity index (χ1) is 10.7. The van der Waals surface area contributed by atoms with Crippen molar-refractivity contribution in [2.75, 3.05) is 27.2 Å². The number of halogens is 2. The van der Waals surface area contributed by atoms with Crippen molar-refractivity contribution < 1.29 is 13.2 Å². The van der Waals surface area contributed by atoms with Crippen LogP contribution in [0, 0.1) is 5.92 Å². The van der Waals surface area contributed by atoms with Crippen molar-refractivity contribution in [1.82, 2.24) is 9.21 Å². The number of nitrogens with zero attached hydrogens (tertiary/aromatic N) is 2. The molecule has 23 heavy (non-hydrogen) atoms. The van der Waals surface area contributed by atoms with E-state index in [0.29, 0.717) is 35.0 Å². The second-order valence-electron chi connectivity index (χ2n) is 5.92. The van der Waals surface area contributed by atoms with Gasteiger partial charge in [-0.3, -0.25) is 4.79 Å². The Morgan fingerprint density at radius 2 is 2.04 bits per heavy atom. The zero-order chi connectivity index (χ0) is 17.2. The third kappa shape index (κ3) is 4.59. The van der Waals surface area contributed by atoms with Crippen molar-refractivity contribution in [3.8, 4) is 0 Å². The maximum absolute atomic E-state index is 12.6. The molecule has 0 unspecified atom stereocenters. The van der Waals surface area contributed by atoms with Gasteiger partial charge in [0.05, 0.1) is 11.7 Å². The van der Waals surface area contributed by atoms with E-state index in [1.807, 2.05) is 0 Å². The fourth-order valence-electron chi connectivity index (χ4n) is 2.69. The maximum atomic E-state index is 12.6. The number of carbonyl (C=O) groups excluding carboxylic acids is 1. The fourth-order valence-corrected chi connectivity index (χ4v) is 4.88. The standard InChI is InChI=1S/C15H20Cl2N2O3S/c1-18(2)15(20)11-4-3-7-19(9-11)23(21,22)10-12-5-6-13(16)8-14(12)17/h5-6,8,11H,3-4,7,9-10H2,1-2H3/t11-/m1/s1. The predicted molar refractivity (Wildman–Crippen MR) is 92.1 cm³/mol. The highest BCUT2D eigenvalue weighted by Crippen LogP contribution is 2.26. The summed E-state index contributed by atoms with van der Waals surface area (Å²) in [4.78, 5) is 13.6. The number of benzene rings is 1. The summed E-state index contributed by atoms with van der Waals surface area (Å²) >= 11 is 11.9. The van der Waals surface area contributed by atoms with Gasteiger partial charge in [0.25, 0.3) is 0 Å². The summed E-state index contributed by atoms with van der Waals surface area (Å²) in [5, 5.41) is 0.796. The summed E-state index contributed by atoms with van der Waals surface area (Å²) in [5.41, 5.74) is 0.511. The Kier molecular flexibility index (Phi) is 5.94. The number of hydrogen-bond donors (Lipinski definition) is 0. The molecular weight excluding hydrogens is 359 g/mol. The first-order valence-electron chi connectivity index (χ1n) is 7.33. The minimum atomic E-state index is -3.53.